The summed E-state index contributed by atoms with van der Waals surface area (Å²) in [6, 6.07) is 6.71. The molecule has 0 spiro atoms. The van der Waals surface area contributed by atoms with E-state index in [1.807, 2.05) is 23.5 Å². The van der Waals surface area contributed by atoms with Gasteiger partial charge in [0.1, 0.15) is 11.5 Å². The molecule has 2 aromatic heterocycles. The molecule has 1 aliphatic rings. The average Bonchev–Trinajstić information content (AvgIpc) is 3.04. The maximum atomic E-state index is 13.3. The molecule has 3 heterocycles. The third-order valence-electron chi connectivity index (χ3n) is 3.93. The largest absolute Gasteiger partial charge is 0.348 e. The standard InChI is InChI=1S/C16H12FN3O/c1-9-2-3-11(12-7-19-16(21)15(9)12)13-8-18-14-6-10(17)4-5-20(13)14/h2-6,8H,7H2,1H3,(H,19,21). The van der Waals surface area contributed by atoms with Crippen LogP contribution in [0.25, 0.3) is 16.9 Å². The number of carbonyl (C=O) groups is 1. The molecule has 0 unspecified atom stereocenters. The van der Waals surface area contributed by atoms with Gasteiger partial charge in [0.15, 0.2) is 0 Å². The van der Waals surface area contributed by atoms with E-state index in [4.69, 9.17) is 0 Å². The highest BCUT2D eigenvalue weighted by molar-refractivity contribution is 6.01. The number of hydrogen-bond acceptors (Lipinski definition) is 2. The van der Waals surface area contributed by atoms with Crippen LogP contribution in [0, 0.1) is 12.7 Å². The minimum atomic E-state index is -0.314. The molecule has 1 aliphatic heterocycles. The summed E-state index contributed by atoms with van der Waals surface area (Å²) in [4.78, 5) is 16.2. The van der Waals surface area contributed by atoms with Gasteiger partial charge in [-0.05, 0) is 24.1 Å². The lowest BCUT2D eigenvalue weighted by atomic mass is 9.97. The van der Waals surface area contributed by atoms with E-state index in [2.05, 4.69) is 10.3 Å². The quantitative estimate of drug-likeness (QED) is 0.745. The van der Waals surface area contributed by atoms with Crippen LogP contribution in [0.3, 0.4) is 0 Å². The van der Waals surface area contributed by atoms with E-state index in [9.17, 15) is 9.18 Å². The van der Waals surface area contributed by atoms with Crippen molar-refractivity contribution in [2.75, 3.05) is 0 Å². The topological polar surface area (TPSA) is 46.4 Å². The fourth-order valence-corrected chi connectivity index (χ4v) is 2.92. The Kier molecular flexibility index (Phi) is 2.39. The number of aryl methyl sites for hydroxylation is 1. The molecule has 0 aliphatic carbocycles. The van der Waals surface area contributed by atoms with Gasteiger partial charge < -0.3 is 5.32 Å². The van der Waals surface area contributed by atoms with Gasteiger partial charge in [-0.25, -0.2) is 9.37 Å². The normalized spacial score (nSPS) is 13.5. The van der Waals surface area contributed by atoms with Gasteiger partial charge in [0.25, 0.3) is 5.91 Å². The first-order valence-corrected chi connectivity index (χ1v) is 6.69. The van der Waals surface area contributed by atoms with Crippen LogP contribution >= 0.6 is 0 Å². The Labute approximate surface area is 120 Å². The molecule has 0 fully saturated rings. The number of pyridine rings is 1. The number of fused-ring (bicyclic) bond motifs is 2. The lowest BCUT2D eigenvalue weighted by Crippen LogP contribution is -2.13. The van der Waals surface area contributed by atoms with Crippen LogP contribution < -0.4 is 5.32 Å². The lowest BCUT2D eigenvalue weighted by Gasteiger charge is -2.09. The smallest absolute Gasteiger partial charge is 0.252 e. The highest BCUT2D eigenvalue weighted by Crippen LogP contribution is 2.31. The van der Waals surface area contributed by atoms with E-state index in [0.717, 1.165) is 27.9 Å². The Balaban J connectivity index is 2.00. The summed E-state index contributed by atoms with van der Waals surface area (Å²) < 4.78 is 15.1. The maximum absolute atomic E-state index is 13.3. The molecule has 0 saturated carbocycles. The molecular formula is C16H12FN3O. The number of nitrogens with one attached hydrogen (secondary N) is 1. The molecule has 3 aromatic rings. The molecule has 0 atom stereocenters. The van der Waals surface area contributed by atoms with E-state index in [-0.39, 0.29) is 11.7 Å². The molecule has 0 radical (unpaired) electrons. The Morgan fingerprint density at radius 2 is 2.19 bits per heavy atom. The summed E-state index contributed by atoms with van der Waals surface area (Å²) in [5.74, 6) is -0.352. The molecule has 5 heteroatoms. The van der Waals surface area contributed by atoms with Gasteiger partial charge in [-0.3, -0.25) is 9.20 Å². The number of benzene rings is 1. The fourth-order valence-electron chi connectivity index (χ4n) is 2.92. The van der Waals surface area contributed by atoms with Crippen LogP contribution in [0.1, 0.15) is 21.5 Å². The zero-order valence-electron chi connectivity index (χ0n) is 11.4. The average molecular weight is 281 g/mol. The third-order valence-corrected chi connectivity index (χ3v) is 3.93. The Morgan fingerprint density at radius 1 is 1.33 bits per heavy atom. The Bertz CT molecular complexity index is 898. The van der Waals surface area contributed by atoms with Crippen LogP contribution in [-0.4, -0.2) is 15.3 Å². The van der Waals surface area contributed by atoms with E-state index < -0.39 is 0 Å². The molecule has 4 rings (SSSR count). The second-order valence-electron chi connectivity index (χ2n) is 5.18. The number of nitrogens with zero attached hydrogens (tertiary/aromatic N) is 2. The number of amides is 1. The van der Waals surface area contributed by atoms with Gasteiger partial charge in [0.05, 0.1) is 11.9 Å². The zero-order chi connectivity index (χ0) is 14.6. The predicted molar refractivity (Wildman–Crippen MR) is 76.5 cm³/mol. The molecule has 4 nitrogen and oxygen atoms in total. The van der Waals surface area contributed by atoms with Crippen LogP contribution in [-0.2, 0) is 6.54 Å². The van der Waals surface area contributed by atoms with Crippen LogP contribution in [0.5, 0.6) is 0 Å². The number of imidazole rings is 1. The van der Waals surface area contributed by atoms with Gasteiger partial charge in [0.2, 0.25) is 0 Å². The lowest BCUT2D eigenvalue weighted by molar-refractivity contribution is 0.0965. The van der Waals surface area contributed by atoms with E-state index in [0.29, 0.717) is 12.2 Å². The number of aromatic nitrogens is 2. The number of rotatable bonds is 1. The first kappa shape index (κ1) is 12.1. The van der Waals surface area contributed by atoms with Crippen molar-refractivity contribution >= 4 is 11.6 Å². The number of halogens is 1. The molecule has 0 bridgehead atoms. The molecule has 0 saturated heterocycles. The third kappa shape index (κ3) is 1.67. The fraction of sp³-hybridized carbons (Fsp3) is 0.125. The van der Waals surface area contributed by atoms with Gasteiger partial charge in [-0.1, -0.05) is 12.1 Å². The van der Waals surface area contributed by atoms with Crippen molar-refractivity contribution in [2.24, 2.45) is 0 Å². The van der Waals surface area contributed by atoms with Crippen molar-refractivity contribution in [3.8, 4) is 11.3 Å². The van der Waals surface area contributed by atoms with E-state index in [1.165, 1.54) is 12.1 Å². The minimum absolute atomic E-state index is 0.0378. The summed E-state index contributed by atoms with van der Waals surface area (Å²) in [6.45, 7) is 2.44. The molecule has 104 valence electrons. The van der Waals surface area contributed by atoms with Crippen molar-refractivity contribution in [1.82, 2.24) is 14.7 Å². The first-order valence-electron chi connectivity index (χ1n) is 6.69. The molecule has 1 amide bonds. The summed E-state index contributed by atoms with van der Waals surface area (Å²) in [6.07, 6.45) is 3.37. The van der Waals surface area contributed by atoms with Crippen molar-refractivity contribution in [1.29, 1.82) is 0 Å². The predicted octanol–water partition coefficient (Wildman–Crippen LogP) is 2.69. The second kappa shape index (κ2) is 4.15. The van der Waals surface area contributed by atoms with E-state index in [1.54, 1.807) is 12.4 Å². The van der Waals surface area contributed by atoms with Crippen molar-refractivity contribution in [2.45, 2.75) is 13.5 Å². The zero-order valence-corrected chi connectivity index (χ0v) is 11.4. The summed E-state index contributed by atoms with van der Waals surface area (Å²) in [5, 5.41) is 2.86. The molecule has 1 N–H and O–H groups in total. The van der Waals surface area contributed by atoms with Gasteiger partial charge in [-0.15, -0.1) is 0 Å². The first-order chi connectivity index (χ1) is 10.1. The van der Waals surface area contributed by atoms with Crippen LogP contribution in [0.4, 0.5) is 4.39 Å². The second-order valence-corrected chi connectivity index (χ2v) is 5.18. The monoisotopic (exact) mass is 281 g/mol. The van der Waals surface area contributed by atoms with Crippen molar-refractivity contribution < 1.29 is 9.18 Å². The van der Waals surface area contributed by atoms with E-state index >= 15 is 0 Å². The molecular weight excluding hydrogens is 269 g/mol. The SMILES string of the molecule is Cc1ccc(-c2cnc3cc(F)ccn23)c2c1C(=O)NC2. The minimum Gasteiger partial charge on any atom is -0.348 e. The van der Waals surface area contributed by atoms with Gasteiger partial charge in [0, 0.05) is 29.9 Å². The van der Waals surface area contributed by atoms with Crippen LogP contribution in [0.15, 0.2) is 36.7 Å². The summed E-state index contributed by atoms with van der Waals surface area (Å²) >= 11 is 0. The molecule has 21 heavy (non-hydrogen) atoms. The van der Waals surface area contributed by atoms with Crippen LogP contribution in [0.2, 0.25) is 0 Å². The molecule has 1 aromatic carbocycles. The summed E-state index contributed by atoms with van der Waals surface area (Å²) in [7, 11) is 0. The number of hydrogen-bond donors (Lipinski definition) is 1. The van der Waals surface area contributed by atoms with Crippen molar-refractivity contribution in [3.63, 3.8) is 0 Å². The summed E-state index contributed by atoms with van der Waals surface area (Å²) in [5.41, 5.74) is 5.04. The van der Waals surface area contributed by atoms with Gasteiger partial charge in [-0.2, -0.15) is 0 Å². The number of carbonyl (C=O) groups excluding carboxylic acids is 1. The highest BCUT2D eigenvalue weighted by Gasteiger charge is 2.25. The Morgan fingerprint density at radius 3 is 3.05 bits per heavy atom. The van der Waals surface area contributed by atoms with Gasteiger partial charge >= 0.3 is 0 Å². The van der Waals surface area contributed by atoms with Crippen molar-refractivity contribution in [3.05, 3.63) is 59.2 Å². The Hall–Kier alpha value is -2.69. The highest BCUT2D eigenvalue weighted by atomic mass is 19.1. The maximum Gasteiger partial charge on any atom is 0.252 e.